The number of hydrogen-bond donors (Lipinski definition) is 2. The van der Waals surface area contributed by atoms with Crippen LogP contribution in [-0.4, -0.2) is 13.1 Å². The van der Waals surface area contributed by atoms with Crippen LogP contribution < -0.4 is 10.9 Å². The van der Waals surface area contributed by atoms with Crippen molar-refractivity contribution in [3.8, 4) is 0 Å². The second-order valence-electron chi connectivity index (χ2n) is 3.18. The molecule has 1 aromatic carbocycles. The van der Waals surface area contributed by atoms with Crippen molar-refractivity contribution in [2.75, 3.05) is 5.73 Å². The summed E-state index contributed by atoms with van der Waals surface area (Å²) >= 11 is 0. The molecule has 0 saturated carbocycles. The van der Waals surface area contributed by atoms with Gasteiger partial charge < -0.3 is 10.5 Å². The molecule has 0 spiro atoms. The van der Waals surface area contributed by atoms with Crippen LogP contribution in [0.15, 0.2) is 24.3 Å². The predicted molar refractivity (Wildman–Crippen MR) is 50.2 cm³/mol. The van der Waals surface area contributed by atoms with E-state index in [2.05, 4.69) is 0 Å². The standard InChI is InChI=1S/C8H13NOSi/c1-11(2,10)8-5-3-7(9)4-6-8/h3-6,10H,9H2,1-2H3. The first kappa shape index (κ1) is 8.29. The molecule has 0 bridgehead atoms. The summed E-state index contributed by atoms with van der Waals surface area (Å²) in [6, 6.07) is 7.42. The van der Waals surface area contributed by atoms with Gasteiger partial charge in [-0.15, -0.1) is 0 Å². The van der Waals surface area contributed by atoms with Crippen LogP contribution in [-0.2, 0) is 0 Å². The summed E-state index contributed by atoms with van der Waals surface area (Å²) in [7, 11) is -2.11. The fraction of sp³-hybridized carbons (Fsp3) is 0.250. The maximum atomic E-state index is 9.68. The Bertz CT molecular complexity index is 237. The number of anilines is 1. The molecule has 3 heteroatoms. The monoisotopic (exact) mass is 167 g/mol. The molecule has 1 rings (SSSR count). The van der Waals surface area contributed by atoms with Gasteiger partial charge in [0.25, 0.3) is 0 Å². The van der Waals surface area contributed by atoms with Crippen molar-refractivity contribution in [1.29, 1.82) is 0 Å². The second-order valence-corrected chi connectivity index (χ2v) is 6.88. The quantitative estimate of drug-likeness (QED) is 0.477. The molecule has 0 atom stereocenters. The van der Waals surface area contributed by atoms with Gasteiger partial charge in [0.1, 0.15) is 0 Å². The molecule has 0 fully saturated rings. The Labute approximate surface area is 67.8 Å². The zero-order valence-corrected chi connectivity index (χ0v) is 7.83. The van der Waals surface area contributed by atoms with Gasteiger partial charge in [-0.1, -0.05) is 12.1 Å². The van der Waals surface area contributed by atoms with Crippen molar-refractivity contribution < 1.29 is 4.80 Å². The van der Waals surface area contributed by atoms with Crippen LogP contribution in [0.2, 0.25) is 13.1 Å². The van der Waals surface area contributed by atoms with E-state index < -0.39 is 8.32 Å². The second kappa shape index (κ2) is 2.68. The Morgan fingerprint density at radius 3 is 2.00 bits per heavy atom. The first-order valence-electron chi connectivity index (χ1n) is 3.58. The molecule has 60 valence electrons. The van der Waals surface area contributed by atoms with Crippen molar-refractivity contribution in [2.45, 2.75) is 13.1 Å². The Morgan fingerprint density at radius 1 is 1.18 bits per heavy atom. The molecular formula is C8H13NOSi. The first-order valence-corrected chi connectivity index (χ1v) is 6.53. The van der Waals surface area contributed by atoms with Crippen LogP contribution in [0.25, 0.3) is 0 Å². The summed E-state index contributed by atoms with van der Waals surface area (Å²) < 4.78 is 0. The van der Waals surface area contributed by atoms with E-state index in [0.29, 0.717) is 0 Å². The summed E-state index contributed by atoms with van der Waals surface area (Å²) in [5.41, 5.74) is 6.25. The minimum absolute atomic E-state index is 0.743. The molecule has 2 nitrogen and oxygen atoms in total. The first-order chi connectivity index (χ1) is 5.00. The molecule has 11 heavy (non-hydrogen) atoms. The van der Waals surface area contributed by atoms with Crippen molar-refractivity contribution in [3.05, 3.63) is 24.3 Å². The van der Waals surface area contributed by atoms with E-state index in [1.165, 1.54) is 0 Å². The van der Waals surface area contributed by atoms with Gasteiger partial charge in [0.2, 0.25) is 8.32 Å². The van der Waals surface area contributed by atoms with Crippen LogP contribution in [0.4, 0.5) is 5.69 Å². The molecule has 3 N–H and O–H groups in total. The van der Waals surface area contributed by atoms with Gasteiger partial charge in [0, 0.05) is 5.69 Å². The van der Waals surface area contributed by atoms with Crippen molar-refractivity contribution in [2.24, 2.45) is 0 Å². The summed E-state index contributed by atoms with van der Waals surface area (Å²) in [4.78, 5) is 9.68. The molecule has 0 aromatic heterocycles. The lowest BCUT2D eigenvalue weighted by molar-refractivity contribution is 0.568. The Hall–Kier alpha value is -0.803. The van der Waals surface area contributed by atoms with E-state index in [0.717, 1.165) is 10.9 Å². The van der Waals surface area contributed by atoms with E-state index >= 15 is 0 Å². The summed E-state index contributed by atoms with van der Waals surface area (Å²) in [5.74, 6) is 0. The van der Waals surface area contributed by atoms with Crippen molar-refractivity contribution >= 4 is 19.2 Å². The van der Waals surface area contributed by atoms with Crippen LogP contribution in [0.1, 0.15) is 0 Å². The molecule has 0 saturated heterocycles. The number of rotatable bonds is 1. The van der Waals surface area contributed by atoms with Gasteiger partial charge in [-0.05, 0) is 30.4 Å². The maximum Gasteiger partial charge on any atom is 0.213 e. The lowest BCUT2D eigenvalue weighted by atomic mass is 10.3. The third-order valence-corrected chi connectivity index (χ3v) is 3.36. The minimum Gasteiger partial charge on any atom is -0.428 e. The molecule has 0 aliphatic rings. The van der Waals surface area contributed by atoms with Crippen molar-refractivity contribution in [3.63, 3.8) is 0 Å². The van der Waals surface area contributed by atoms with E-state index in [4.69, 9.17) is 5.73 Å². The van der Waals surface area contributed by atoms with Gasteiger partial charge in [0.15, 0.2) is 0 Å². The van der Waals surface area contributed by atoms with E-state index in [1.54, 1.807) is 0 Å². The van der Waals surface area contributed by atoms with Gasteiger partial charge in [-0.3, -0.25) is 0 Å². The topological polar surface area (TPSA) is 46.2 Å². The lowest BCUT2D eigenvalue weighted by Crippen LogP contribution is -2.41. The summed E-state index contributed by atoms with van der Waals surface area (Å²) in [6.07, 6.45) is 0. The number of nitrogen functional groups attached to an aromatic ring is 1. The normalized spacial score (nSPS) is 11.5. The Balaban J connectivity index is 2.99. The van der Waals surface area contributed by atoms with E-state index in [-0.39, 0.29) is 0 Å². The smallest absolute Gasteiger partial charge is 0.213 e. The zero-order valence-electron chi connectivity index (χ0n) is 6.83. The van der Waals surface area contributed by atoms with E-state index in [1.807, 2.05) is 37.4 Å². The average molecular weight is 167 g/mol. The molecule has 0 heterocycles. The molecule has 0 radical (unpaired) electrons. The maximum absolute atomic E-state index is 9.68. The third kappa shape index (κ3) is 2.06. The van der Waals surface area contributed by atoms with E-state index in [9.17, 15) is 4.80 Å². The third-order valence-electron chi connectivity index (χ3n) is 1.62. The van der Waals surface area contributed by atoms with Crippen LogP contribution >= 0.6 is 0 Å². The summed E-state index contributed by atoms with van der Waals surface area (Å²) in [5, 5.41) is 1.02. The highest BCUT2D eigenvalue weighted by Gasteiger charge is 2.18. The predicted octanol–water partition coefficient (Wildman–Crippen LogP) is 0.673. The number of benzene rings is 1. The zero-order chi connectivity index (χ0) is 8.48. The van der Waals surface area contributed by atoms with Crippen LogP contribution in [0, 0.1) is 0 Å². The SMILES string of the molecule is C[Si](C)(O)c1ccc(N)cc1. The highest BCUT2D eigenvalue weighted by atomic mass is 28.4. The molecule has 0 unspecified atom stereocenters. The Morgan fingerprint density at radius 2 is 1.64 bits per heavy atom. The van der Waals surface area contributed by atoms with Gasteiger partial charge in [-0.2, -0.15) is 0 Å². The average Bonchev–Trinajstić information content (AvgIpc) is 1.86. The number of nitrogens with two attached hydrogens (primary N) is 1. The molecular weight excluding hydrogens is 154 g/mol. The van der Waals surface area contributed by atoms with Crippen LogP contribution in [0.5, 0.6) is 0 Å². The van der Waals surface area contributed by atoms with Crippen molar-refractivity contribution in [1.82, 2.24) is 0 Å². The fourth-order valence-corrected chi connectivity index (χ4v) is 1.87. The van der Waals surface area contributed by atoms with Gasteiger partial charge in [-0.25, -0.2) is 0 Å². The molecule has 0 aliphatic heterocycles. The number of hydrogen-bond acceptors (Lipinski definition) is 2. The molecule has 0 amide bonds. The summed E-state index contributed by atoms with van der Waals surface area (Å²) in [6.45, 7) is 3.77. The van der Waals surface area contributed by atoms with Gasteiger partial charge >= 0.3 is 0 Å². The van der Waals surface area contributed by atoms with Crippen LogP contribution in [0.3, 0.4) is 0 Å². The Kier molecular flexibility index (Phi) is 2.02. The lowest BCUT2D eigenvalue weighted by Gasteiger charge is -2.13. The highest BCUT2D eigenvalue weighted by Crippen LogP contribution is 2.02. The largest absolute Gasteiger partial charge is 0.428 e. The fourth-order valence-electron chi connectivity index (χ4n) is 0.891. The minimum atomic E-state index is -2.11. The van der Waals surface area contributed by atoms with Gasteiger partial charge in [0.05, 0.1) is 0 Å². The molecule has 1 aromatic rings. The molecule has 0 aliphatic carbocycles. The highest BCUT2D eigenvalue weighted by molar-refractivity contribution is 6.83.